The van der Waals surface area contributed by atoms with Crippen LogP contribution in [0.15, 0.2) is 0 Å². The van der Waals surface area contributed by atoms with E-state index in [0.29, 0.717) is 5.41 Å². The molecule has 0 saturated heterocycles. The third-order valence-electron chi connectivity index (χ3n) is 2.83. The molecule has 0 aliphatic carbocycles. The Kier molecular flexibility index (Phi) is 7.25. The number of rotatable bonds is 8. The van der Waals surface area contributed by atoms with Crippen LogP contribution in [0.25, 0.3) is 0 Å². The van der Waals surface area contributed by atoms with E-state index in [9.17, 15) is 0 Å². The summed E-state index contributed by atoms with van der Waals surface area (Å²) in [6.45, 7) is 16.0. The fourth-order valence-electron chi connectivity index (χ4n) is 2.06. The van der Waals surface area contributed by atoms with Crippen LogP contribution in [0.4, 0.5) is 0 Å². The highest BCUT2D eigenvalue weighted by Crippen LogP contribution is 2.24. The van der Waals surface area contributed by atoms with Crippen LogP contribution < -0.4 is 5.43 Å². The largest absolute Gasteiger partial charge is 0.255 e. The van der Waals surface area contributed by atoms with Crippen LogP contribution in [0.5, 0.6) is 0 Å². The number of nitrogens with one attached hydrogen (secondary N) is 1. The van der Waals surface area contributed by atoms with Crippen LogP contribution in [-0.2, 0) is 0 Å². The van der Waals surface area contributed by atoms with Gasteiger partial charge in [-0.15, -0.1) is 0 Å². The van der Waals surface area contributed by atoms with Gasteiger partial charge in [-0.1, -0.05) is 41.5 Å². The Hall–Kier alpha value is -0.0800. The molecule has 0 unspecified atom stereocenters. The minimum atomic E-state index is 0.389. The maximum absolute atomic E-state index is 3.52. The van der Waals surface area contributed by atoms with Gasteiger partial charge in [0.05, 0.1) is 0 Å². The maximum Gasteiger partial charge on any atom is 0.0153 e. The topological polar surface area (TPSA) is 15.3 Å². The minimum absolute atomic E-state index is 0.389. The Morgan fingerprint density at radius 1 is 1.06 bits per heavy atom. The molecular weight excluding hydrogens is 196 g/mol. The second-order valence-electron chi connectivity index (χ2n) is 6.70. The van der Waals surface area contributed by atoms with E-state index in [4.69, 9.17) is 0 Å². The predicted octanol–water partition coefficient (Wildman–Crippen LogP) is 3.54. The normalized spacial score (nSPS) is 13.1. The van der Waals surface area contributed by atoms with Crippen molar-refractivity contribution in [1.82, 2.24) is 10.4 Å². The van der Waals surface area contributed by atoms with E-state index < -0.39 is 0 Å². The van der Waals surface area contributed by atoms with Gasteiger partial charge in [0.25, 0.3) is 0 Å². The van der Waals surface area contributed by atoms with Crippen molar-refractivity contribution in [2.75, 3.05) is 20.1 Å². The van der Waals surface area contributed by atoms with Gasteiger partial charge in [0.2, 0.25) is 0 Å². The average molecular weight is 228 g/mol. The van der Waals surface area contributed by atoms with E-state index in [-0.39, 0.29) is 0 Å². The molecule has 98 valence electrons. The van der Waals surface area contributed by atoms with Crippen LogP contribution in [0.3, 0.4) is 0 Å². The van der Waals surface area contributed by atoms with Crippen molar-refractivity contribution < 1.29 is 0 Å². The fourth-order valence-corrected chi connectivity index (χ4v) is 2.06. The van der Waals surface area contributed by atoms with Crippen molar-refractivity contribution in [3.05, 3.63) is 0 Å². The molecule has 2 heteroatoms. The Bertz CT molecular complexity index is 174. The summed E-state index contributed by atoms with van der Waals surface area (Å²) in [6, 6.07) is 0. The lowest BCUT2D eigenvalue weighted by Crippen LogP contribution is -2.41. The molecule has 0 aliphatic heterocycles. The first kappa shape index (κ1) is 15.9. The molecular formula is C14H32N2. The van der Waals surface area contributed by atoms with Crippen molar-refractivity contribution in [3.63, 3.8) is 0 Å². The number of nitrogens with zero attached hydrogens (tertiary/aromatic N) is 1. The molecule has 2 nitrogen and oxygen atoms in total. The van der Waals surface area contributed by atoms with Gasteiger partial charge in [0.1, 0.15) is 0 Å². The molecule has 0 rings (SSSR count). The highest BCUT2D eigenvalue weighted by molar-refractivity contribution is 4.72. The second-order valence-corrected chi connectivity index (χ2v) is 6.70. The van der Waals surface area contributed by atoms with Gasteiger partial charge in [0.15, 0.2) is 0 Å². The lowest BCUT2D eigenvalue weighted by atomic mass is 9.84. The highest BCUT2D eigenvalue weighted by Gasteiger charge is 2.19. The standard InChI is InChI=1S/C14H32N2/c1-12(2)8-9-16(7)15-11-14(5,6)10-13(3)4/h12-13,15H,8-11H2,1-7H3. The zero-order valence-corrected chi connectivity index (χ0v) is 12.4. The molecule has 0 heterocycles. The van der Waals surface area contributed by atoms with Gasteiger partial charge in [-0.3, -0.25) is 5.43 Å². The van der Waals surface area contributed by atoms with Crippen molar-refractivity contribution in [2.45, 2.75) is 54.4 Å². The maximum atomic E-state index is 3.52. The first-order chi connectivity index (χ1) is 7.23. The van der Waals surface area contributed by atoms with E-state index in [1.165, 1.54) is 12.8 Å². The zero-order valence-electron chi connectivity index (χ0n) is 12.4. The Balaban J connectivity index is 3.76. The summed E-state index contributed by atoms with van der Waals surface area (Å²) in [5, 5.41) is 2.24. The zero-order chi connectivity index (χ0) is 12.8. The molecule has 1 N–H and O–H groups in total. The number of hydrogen-bond donors (Lipinski definition) is 1. The first-order valence-electron chi connectivity index (χ1n) is 6.67. The van der Waals surface area contributed by atoms with Crippen molar-refractivity contribution in [2.24, 2.45) is 17.3 Å². The van der Waals surface area contributed by atoms with E-state index in [1.807, 2.05) is 0 Å². The quantitative estimate of drug-likeness (QED) is 0.639. The molecule has 0 aromatic rings. The number of hydrogen-bond acceptors (Lipinski definition) is 2. The lowest BCUT2D eigenvalue weighted by Gasteiger charge is -2.30. The fraction of sp³-hybridized carbons (Fsp3) is 1.00. The summed E-state index contributed by atoms with van der Waals surface area (Å²) >= 11 is 0. The van der Waals surface area contributed by atoms with E-state index in [2.05, 4.69) is 59.0 Å². The Morgan fingerprint density at radius 3 is 2.06 bits per heavy atom. The van der Waals surface area contributed by atoms with Crippen LogP contribution in [0.2, 0.25) is 0 Å². The van der Waals surface area contributed by atoms with E-state index >= 15 is 0 Å². The van der Waals surface area contributed by atoms with Crippen LogP contribution in [0.1, 0.15) is 54.4 Å². The molecule has 0 fully saturated rings. The van der Waals surface area contributed by atoms with Crippen molar-refractivity contribution in [3.8, 4) is 0 Å². The SMILES string of the molecule is CC(C)CCN(C)NCC(C)(C)CC(C)C. The summed E-state index contributed by atoms with van der Waals surface area (Å²) in [6.07, 6.45) is 2.53. The molecule has 0 spiro atoms. The molecule has 0 saturated carbocycles. The molecule has 0 radical (unpaired) electrons. The summed E-state index contributed by atoms with van der Waals surface area (Å²) in [5.41, 5.74) is 3.91. The summed E-state index contributed by atoms with van der Waals surface area (Å²) < 4.78 is 0. The summed E-state index contributed by atoms with van der Waals surface area (Å²) in [5.74, 6) is 1.56. The van der Waals surface area contributed by atoms with Crippen LogP contribution in [-0.4, -0.2) is 25.1 Å². The van der Waals surface area contributed by atoms with Gasteiger partial charge < -0.3 is 0 Å². The first-order valence-corrected chi connectivity index (χ1v) is 6.67. The Morgan fingerprint density at radius 2 is 1.62 bits per heavy atom. The monoisotopic (exact) mass is 228 g/mol. The highest BCUT2D eigenvalue weighted by atomic mass is 15.5. The van der Waals surface area contributed by atoms with E-state index in [0.717, 1.165) is 24.9 Å². The van der Waals surface area contributed by atoms with Gasteiger partial charge in [-0.05, 0) is 30.1 Å². The molecule has 0 atom stereocenters. The van der Waals surface area contributed by atoms with Crippen LogP contribution in [0, 0.1) is 17.3 Å². The molecule has 0 bridgehead atoms. The molecule has 16 heavy (non-hydrogen) atoms. The average Bonchev–Trinajstić information content (AvgIpc) is 2.09. The Labute approximate surface area is 103 Å². The lowest BCUT2D eigenvalue weighted by molar-refractivity contribution is 0.163. The molecule has 0 aromatic heterocycles. The molecule has 0 aromatic carbocycles. The van der Waals surface area contributed by atoms with Crippen molar-refractivity contribution in [1.29, 1.82) is 0 Å². The summed E-state index contributed by atoms with van der Waals surface area (Å²) in [4.78, 5) is 0. The van der Waals surface area contributed by atoms with Gasteiger partial charge in [-0.25, -0.2) is 5.01 Å². The van der Waals surface area contributed by atoms with Crippen molar-refractivity contribution >= 4 is 0 Å². The third-order valence-corrected chi connectivity index (χ3v) is 2.83. The van der Waals surface area contributed by atoms with Gasteiger partial charge in [0, 0.05) is 20.1 Å². The molecule has 0 aliphatic rings. The molecule has 0 amide bonds. The summed E-state index contributed by atoms with van der Waals surface area (Å²) in [7, 11) is 2.15. The predicted molar refractivity (Wildman–Crippen MR) is 73.3 cm³/mol. The number of hydrazine groups is 1. The van der Waals surface area contributed by atoms with Gasteiger partial charge >= 0.3 is 0 Å². The minimum Gasteiger partial charge on any atom is -0.255 e. The second kappa shape index (κ2) is 7.29. The van der Waals surface area contributed by atoms with Gasteiger partial charge in [-0.2, -0.15) is 0 Å². The third kappa shape index (κ3) is 9.17. The smallest absolute Gasteiger partial charge is 0.0153 e. The van der Waals surface area contributed by atoms with Crippen LogP contribution >= 0.6 is 0 Å². The van der Waals surface area contributed by atoms with E-state index in [1.54, 1.807) is 0 Å².